The third kappa shape index (κ3) is 1.50. The van der Waals surface area contributed by atoms with Gasteiger partial charge in [-0.1, -0.05) is 0 Å². The Bertz CT molecular complexity index is 526. The second kappa shape index (κ2) is 3.42. The summed E-state index contributed by atoms with van der Waals surface area (Å²) in [5.41, 5.74) is 2.36. The van der Waals surface area contributed by atoms with Gasteiger partial charge < -0.3 is 9.67 Å². The fourth-order valence-electron chi connectivity index (χ4n) is 1.89. The maximum absolute atomic E-state index is 11.1. The van der Waals surface area contributed by atoms with Gasteiger partial charge in [0.2, 0.25) is 0 Å². The lowest BCUT2D eigenvalue weighted by molar-refractivity contribution is 0.0699. The average Bonchev–Trinajstić information content (AvgIpc) is 2.58. The van der Waals surface area contributed by atoms with Crippen LogP contribution in [0.1, 0.15) is 22.8 Å². The van der Waals surface area contributed by atoms with E-state index in [9.17, 15) is 4.79 Å². The summed E-state index contributed by atoms with van der Waals surface area (Å²) >= 11 is 0. The summed E-state index contributed by atoms with van der Waals surface area (Å²) in [6.45, 7) is 4.81. The van der Waals surface area contributed by atoms with Crippen molar-refractivity contribution >= 4 is 16.9 Å². The summed E-state index contributed by atoms with van der Waals surface area (Å²) in [6, 6.07) is 5.59. The zero-order chi connectivity index (χ0) is 11.0. The molecule has 2 aromatic rings. The van der Waals surface area contributed by atoms with Crippen molar-refractivity contribution in [2.24, 2.45) is 0 Å². The highest BCUT2D eigenvalue weighted by molar-refractivity contribution is 6.03. The van der Waals surface area contributed by atoms with Gasteiger partial charge in [0.1, 0.15) is 0 Å². The minimum absolute atomic E-state index is 0.386. The largest absolute Gasteiger partial charge is 0.478 e. The Balaban J connectivity index is 2.82. The number of carboxylic acid groups (broad SMARTS) is 1. The van der Waals surface area contributed by atoms with Crippen LogP contribution in [0.15, 0.2) is 24.4 Å². The molecule has 0 aliphatic rings. The molecule has 3 nitrogen and oxygen atoms in total. The van der Waals surface area contributed by atoms with Crippen LogP contribution in [0.3, 0.4) is 0 Å². The Hall–Kier alpha value is -1.77. The smallest absolute Gasteiger partial charge is 0.336 e. The Morgan fingerprint density at radius 2 is 2.20 bits per heavy atom. The van der Waals surface area contributed by atoms with E-state index >= 15 is 0 Å². The van der Waals surface area contributed by atoms with Gasteiger partial charge in [-0.2, -0.15) is 0 Å². The monoisotopic (exact) mass is 203 g/mol. The van der Waals surface area contributed by atoms with Crippen LogP contribution >= 0.6 is 0 Å². The number of nitrogens with zero attached hydrogens (tertiary/aromatic N) is 1. The molecular formula is C12H13NO2. The lowest BCUT2D eigenvalue weighted by atomic mass is 10.1. The maximum Gasteiger partial charge on any atom is 0.336 e. The predicted molar refractivity (Wildman–Crippen MR) is 59.3 cm³/mol. The van der Waals surface area contributed by atoms with Gasteiger partial charge in [-0.15, -0.1) is 0 Å². The topological polar surface area (TPSA) is 42.2 Å². The standard InChI is InChI=1S/C12H13NO2/c1-3-13-5-4-9-10(12(14)15)6-8(2)7-11(9)13/h4-7H,3H2,1-2H3,(H,14,15). The summed E-state index contributed by atoms with van der Waals surface area (Å²) in [4.78, 5) is 11.1. The molecular weight excluding hydrogens is 190 g/mol. The average molecular weight is 203 g/mol. The predicted octanol–water partition coefficient (Wildman–Crippen LogP) is 2.67. The summed E-state index contributed by atoms with van der Waals surface area (Å²) in [5, 5.41) is 9.89. The molecule has 0 spiro atoms. The lowest BCUT2D eigenvalue weighted by Crippen LogP contribution is -1.99. The van der Waals surface area contributed by atoms with E-state index in [-0.39, 0.29) is 0 Å². The Kier molecular flexibility index (Phi) is 2.23. The second-order valence-corrected chi connectivity index (χ2v) is 3.65. The molecule has 2 rings (SSSR count). The number of hydrogen-bond acceptors (Lipinski definition) is 1. The Labute approximate surface area is 87.9 Å². The fourth-order valence-corrected chi connectivity index (χ4v) is 1.89. The zero-order valence-electron chi connectivity index (χ0n) is 8.82. The number of aromatic nitrogens is 1. The van der Waals surface area contributed by atoms with Crippen molar-refractivity contribution in [3.05, 3.63) is 35.5 Å². The van der Waals surface area contributed by atoms with Crippen molar-refractivity contribution in [2.75, 3.05) is 0 Å². The summed E-state index contributed by atoms with van der Waals surface area (Å²) in [7, 11) is 0. The van der Waals surface area contributed by atoms with E-state index in [4.69, 9.17) is 5.11 Å². The van der Waals surface area contributed by atoms with E-state index in [0.717, 1.165) is 23.0 Å². The molecule has 1 heterocycles. The van der Waals surface area contributed by atoms with Crippen molar-refractivity contribution < 1.29 is 9.90 Å². The Morgan fingerprint density at radius 1 is 1.47 bits per heavy atom. The maximum atomic E-state index is 11.1. The number of carbonyl (C=O) groups is 1. The van der Waals surface area contributed by atoms with Crippen molar-refractivity contribution in [1.82, 2.24) is 4.57 Å². The van der Waals surface area contributed by atoms with Crippen LogP contribution in [0.25, 0.3) is 10.9 Å². The van der Waals surface area contributed by atoms with E-state index in [2.05, 4.69) is 4.57 Å². The van der Waals surface area contributed by atoms with E-state index in [0.29, 0.717) is 5.56 Å². The van der Waals surface area contributed by atoms with Crippen molar-refractivity contribution in [3.8, 4) is 0 Å². The van der Waals surface area contributed by atoms with Crippen LogP contribution in [-0.4, -0.2) is 15.6 Å². The second-order valence-electron chi connectivity index (χ2n) is 3.65. The highest BCUT2D eigenvalue weighted by Gasteiger charge is 2.11. The van der Waals surface area contributed by atoms with Crippen LogP contribution in [0.5, 0.6) is 0 Å². The summed E-state index contributed by atoms with van der Waals surface area (Å²) < 4.78 is 2.05. The molecule has 0 aliphatic carbocycles. The molecule has 78 valence electrons. The molecule has 0 unspecified atom stereocenters. The van der Waals surface area contributed by atoms with Crippen molar-refractivity contribution in [2.45, 2.75) is 20.4 Å². The van der Waals surface area contributed by atoms with Crippen molar-refractivity contribution in [1.29, 1.82) is 0 Å². The zero-order valence-corrected chi connectivity index (χ0v) is 8.82. The van der Waals surface area contributed by atoms with E-state index < -0.39 is 5.97 Å². The van der Waals surface area contributed by atoms with Gasteiger partial charge in [0.15, 0.2) is 0 Å². The molecule has 0 radical (unpaired) electrons. The highest BCUT2D eigenvalue weighted by Crippen LogP contribution is 2.22. The van der Waals surface area contributed by atoms with E-state index in [1.165, 1.54) is 0 Å². The molecule has 0 bridgehead atoms. The normalized spacial score (nSPS) is 10.8. The number of fused-ring (bicyclic) bond motifs is 1. The summed E-state index contributed by atoms with van der Waals surface area (Å²) in [6.07, 6.45) is 1.93. The molecule has 1 N–H and O–H groups in total. The fraction of sp³-hybridized carbons (Fsp3) is 0.250. The van der Waals surface area contributed by atoms with E-state index in [1.54, 1.807) is 6.07 Å². The molecule has 0 saturated carbocycles. The minimum Gasteiger partial charge on any atom is -0.478 e. The van der Waals surface area contributed by atoms with Crippen LogP contribution in [0.2, 0.25) is 0 Å². The number of benzene rings is 1. The SMILES string of the molecule is CCn1ccc2c(C(=O)O)cc(C)cc21. The number of carboxylic acids is 1. The molecule has 0 amide bonds. The van der Waals surface area contributed by atoms with Crippen LogP contribution < -0.4 is 0 Å². The van der Waals surface area contributed by atoms with Gasteiger partial charge in [0.25, 0.3) is 0 Å². The molecule has 1 aromatic heterocycles. The first kappa shape index (κ1) is 9.77. The van der Waals surface area contributed by atoms with Gasteiger partial charge in [0.05, 0.1) is 5.56 Å². The van der Waals surface area contributed by atoms with Gasteiger partial charge in [0, 0.05) is 23.6 Å². The number of aromatic carboxylic acids is 1. The molecule has 0 atom stereocenters. The minimum atomic E-state index is -0.863. The third-order valence-electron chi connectivity index (χ3n) is 2.60. The van der Waals surface area contributed by atoms with Gasteiger partial charge in [-0.3, -0.25) is 0 Å². The van der Waals surface area contributed by atoms with Crippen molar-refractivity contribution in [3.63, 3.8) is 0 Å². The Morgan fingerprint density at radius 3 is 2.80 bits per heavy atom. The summed E-state index contributed by atoms with van der Waals surface area (Å²) in [5.74, 6) is -0.863. The molecule has 15 heavy (non-hydrogen) atoms. The van der Waals surface area contributed by atoms with Crippen LogP contribution in [0.4, 0.5) is 0 Å². The highest BCUT2D eigenvalue weighted by atomic mass is 16.4. The first-order valence-electron chi connectivity index (χ1n) is 4.96. The molecule has 3 heteroatoms. The number of hydrogen-bond donors (Lipinski definition) is 1. The molecule has 0 saturated heterocycles. The quantitative estimate of drug-likeness (QED) is 0.815. The van der Waals surface area contributed by atoms with E-state index in [1.807, 2.05) is 32.2 Å². The van der Waals surface area contributed by atoms with Crippen LogP contribution in [0, 0.1) is 6.92 Å². The first-order valence-corrected chi connectivity index (χ1v) is 4.96. The van der Waals surface area contributed by atoms with Crippen LogP contribution in [-0.2, 0) is 6.54 Å². The molecule has 0 aliphatic heterocycles. The van der Waals surface area contributed by atoms with Gasteiger partial charge in [-0.25, -0.2) is 4.79 Å². The number of aryl methyl sites for hydroxylation is 2. The third-order valence-corrected chi connectivity index (χ3v) is 2.60. The van der Waals surface area contributed by atoms with Gasteiger partial charge in [-0.05, 0) is 37.6 Å². The molecule has 0 fully saturated rings. The van der Waals surface area contributed by atoms with Gasteiger partial charge >= 0.3 is 5.97 Å². The first-order chi connectivity index (χ1) is 7.13. The number of rotatable bonds is 2. The molecule has 1 aromatic carbocycles. The lowest BCUT2D eigenvalue weighted by Gasteiger charge is -2.04.